The van der Waals surface area contributed by atoms with Crippen LogP contribution in [0.3, 0.4) is 0 Å². The number of ether oxygens (including phenoxy) is 1. The van der Waals surface area contributed by atoms with Gasteiger partial charge in [-0.05, 0) is 48.7 Å². The third-order valence-corrected chi connectivity index (χ3v) is 6.77. The highest BCUT2D eigenvalue weighted by atomic mass is 32.2. The fraction of sp³-hybridized carbons (Fsp3) is 0.348. The molecule has 2 aliphatic rings. The number of furan rings is 1. The Morgan fingerprint density at radius 3 is 2.68 bits per heavy atom. The molecule has 0 bridgehead atoms. The van der Waals surface area contributed by atoms with Gasteiger partial charge in [0.15, 0.2) is 0 Å². The van der Waals surface area contributed by atoms with Crippen LogP contribution in [0.2, 0.25) is 0 Å². The van der Waals surface area contributed by atoms with Crippen molar-refractivity contribution in [1.29, 1.82) is 0 Å². The lowest BCUT2D eigenvalue weighted by Crippen LogP contribution is -2.45. The Labute approximate surface area is 199 Å². The summed E-state index contributed by atoms with van der Waals surface area (Å²) >= 11 is 0.752. The second-order valence-corrected chi connectivity index (χ2v) is 9.17. The summed E-state index contributed by atoms with van der Waals surface area (Å²) in [7, 11) is 1.40. The predicted octanol–water partition coefficient (Wildman–Crippen LogP) is 4.16. The second kappa shape index (κ2) is 9.72. The Bertz CT molecular complexity index is 1180. The SMILES string of the molecule is COc1cc([N+](=O)[O-])ccc1-c1ccc(/C=C2/SC(=O)N(CC(=O)N3CCC(C)CC3)C2=O)o1. The van der Waals surface area contributed by atoms with Crippen molar-refractivity contribution in [3.05, 3.63) is 51.1 Å². The van der Waals surface area contributed by atoms with E-state index < -0.39 is 16.1 Å². The maximum absolute atomic E-state index is 12.8. The van der Waals surface area contributed by atoms with E-state index in [1.165, 1.54) is 31.4 Å². The Kier molecular flexibility index (Phi) is 6.73. The van der Waals surface area contributed by atoms with Crippen LogP contribution in [0.4, 0.5) is 10.5 Å². The van der Waals surface area contributed by atoms with Gasteiger partial charge < -0.3 is 14.1 Å². The summed E-state index contributed by atoms with van der Waals surface area (Å²) in [6.07, 6.45) is 3.27. The van der Waals surface area contributed by atoms with Gasteiger partial charge in [-0.1, -0.05) is 6.92 Å². The first-order chi connectivity index (χ1) is 16.3. The molecule has 10 nitrogen and oxygen atoms in total. The van der Waals surface area contributed by atoms with Crippen molar-refractivity contribution in [1.82, 2.24) is 9.80 Å². The lowest BCUT2D eigenvalue weighted by Gasteiger charge is -2.31. The Hall–Kier alpha value is -3.60. The van der Waals surface area contributed by atoms with Gasteiger partial charge in [0.25, 0.3) is 16.8 Å². The van der Waals surface area contributed by atoms with Gasteiger partial charge in [0.1, 0.15) is 23.8 Å². The van der Waals surface area contributed by atoms with Gasteiger partial charge in [-0.3, -0.25) is 29.4 Å². The van der Waals surface area contributed by atoms with Crippen molar-refractivity contribution in [2.45, 2.75) is 19.8 Å². The molecule has 2 fully saturated rings. The summed E-state index contributed by atoms with van der Waals surface area (Å²) in [5.74, 6) is 0.749. The van der Waals surface area contributed by atoms with Crippen molar-refractivity contribution < 1.29 is 28.5 Å². The highest BCUT2D eigenvalue weighted by Crippen LogP contribution is 2.36. The molecule has 0 N–H and O–H groups in total. The number of benzene rings is 1. The molecule has 0 spiro atoms. The number of methoxy groups -OCH3 is 1. The topological polar surface area (TPSA) is 123 Å². The van der Waals surface area contributed by atoms with Crippen LogP contribution in [0, 0.1) is 16.0 Å². The van der Waals surface area contributed by atoms with Crippen LogP contribution in [0.5, 0.6) is 5.75 Å². The minimum absolute atomic E-state index is 0.116. The standard InChI is InChI=1S/C23H23N3O7S/c1-14-7-9-24(10-8-14)21(27)13-25-22(28)20(34-23(25)29)12-16-4-6-18(33-16)17-5-3-15(26(30)31)11-19(17)32-2/h3-6,11-12,14H,7-10,13H2,1-2H3/b20-12+. The number of nitrogens with zero attached hydrogens (tertiary/aromatic N) is 3. The van der Waals surface area contributed by atoms with E-state index in [2.05, 4.69) is 6.92 Å². The van der Waals surface area contributed by atoms with Gasteiger partial charge in [-0.2, -0.15) is 0 Å². The van der Waals surface area contributed by atoms with Gasteiger partial charge in [0.05, 0.1) is 28.6 Å². The lowest BCUT2D eigenvalue weighted by molar-refractivity contribution is -0.384. The van der Waals surface area contributed by atoms with E-state index in [4.69, 9.17) is 9.15 Å². The second-order valence-electron chi connectivity index (χ2n) is 8.17. The number of hydrogen-bond donors (Lipinski definition) is 0. The molecule has 2 saturated heterocycles. The number of hydrogen-bond acceptors (Lipinski definition) is 8. The van der Waals surface area contributed by atoms with E-state index in [0.29, 0.717) is 36.1 Å². The third-order valence-electron chi connectivity index (χ3n) is 5.86. The van der Waals surface area contributed by atoms with Crippen LogP contribution < -0.4 is 4.74 Å². The number of non-ortho nitro benzene ring substituents is 1. The van der Waals surface area contributed by atoms with Crippen LogP contribution in [0.25, 0.3) is 17.4 Å². The fourth-order valence-corrected chi connectivity index (χ4v) is 4.65. The molecule has 0 saturated carbocycles. The first kappa shape index (κ1) is 23.6. The number of piperidine rings is 1. The molecular weight excluding hydrogens is 462 g/mol. The summed E-state index contributed by atoms with van der Waals surface area (Å²) in [5.41, 5.74) is 0.386. The molecule has 2 aliphatic heterocycles. The monoisotopic (exact) mass is 485 g/mol. The number of thioether (sulfide) groups is 1. The Morgan fingerprint density at radius 2 is 2.00 bits per heavy atom. The van der Waals surface area contributed by atoms with Crippen molar-refractivity contribution in [3.8, 4) is 17.1 Å². The minimum atomic E-state index is -0.542. The highest BCUT2D eigenvalue weighted by molar-refractivity contribution is 8.18. The zero-order chi connectivity index (χ0) is 24.4. The zero-order valence-electron chi connectivity index (χ0n) is 18.7. The van der Waals surface area contributed by atoms with E-state index in [1.54, 1.807) is 17.0 Å². The number of amides is 3. The van der Waals surface area contributed by atoms with Crippen molar-refractivity contribution in [3.63, 3.8) is 0 Å². The molecule has 34 heavy (non-hydrogen) atoms. The maximum atomic E-state index is 12.8. The fourth-order valence-electron chi connectivity index (χ4n) is 3.83. The molecule has 178 valence electrons. The molecule has 1 aromatic heterocycles. The molecule has 11 heteroatoms. The summed E-state index contributed by atoms with van der Waals surface area (Å²) < 4.78 is 11.0. The molecule has 3 amide bonds. The molecule has 0 radical (unpaired) electrons. The average Bonchev–Trinajstić information content (AvgIpc) is 3.39. The van der Waals surface area contributed by atoms with Crippen LogP contribution in [-0.2, 0) is 9.59 Å². The highest BCUT2D eigenvalue weighted by Gasteiger charge is 2.37. The van der Waals surface area contributed by atoms with Gasteiger partial charge in [-0.15, -0.1) is 0 Å². The van der Waals surface area contributed by atoms with E-state index in [-0.39, 0.29) is 28.8 Å². The van der Waals surface area contributed by atoms with Crippen LogP contribution >= 0.6 is 11.8 Å². The smallest absolute Gasteiger partial charge is 0.294 e. The quantitative estimate of drug-likeness (QED) is 0.339. The summed E-state index contributed by atoms with van der Waals surface area (Å²) in [4.78, 5) is 51.1. The number of carbonyl (C=O) groups is 3. The van der Waals surface area contributed by atoms with E-state index in [0.717, 1.165) is 29.5 Å². The van der Waals surface area contributed by atoms with Crippen LogP contribution in [-0.4, -0.2) is 58.5 Å². The van der Waals surface area contributed by atoms with E-state index in [1.807, 2.05) is 0 Å². The molecule has 1 aromatic carbocycles. The number of carbonyl (C=O) groups excluding carboxylic acids is 3. The van der Waals surface area contributed by atoms with Gasteiger partial charge in [0.2, 0.25) is 5.91 Å². The zero-order valence-corrected chi connectivity index (χ0v) is 19.5. The number of imide groups is 1. The molecule has 0 atom stereocenters. The third kappa shape index (κ3) is 4.84. The summed E-state index contributed by atoms with van der Waals surface area (Å²) in [6, 6.07) is 7.40. The normalized spacial score (nSPS) is 18.1. The maximum Gasteiger partial charge on any atom is 0.294 e. The Morgan fingerprint density at radius 1 is 1.26 bits per heavy atom. The minimum Gasteiger partial charge on any atom is -0.496 e. The lowest BCUT2D eigenvalue weighted by atomic mass is 9.99. The molecular formula is C23H23N3O7S. The first-order valence-corrected chi connectivity index (χ1v) is 11.5. The molecule has 0 unspecified atom stereocenters. The predicted molar refractivity (Wildman–Crippen MR) is 125 cm³/mol. The first-order valence-electron chi connectivity index (χ1n) is 10.7. The van der Waals surface area contributed by atoms with Gasteiger partial charge >= 0.3 is 0 Å². The molecule has 4 rings (SSSR count). The van der Waals surface area contributed by atoms with Gasteiger partial charge in [-0.25, -0.2) is 0 Å². The van der Waals surface area contributed by atoms with Gasteiger partial charge in [0, 0.05) is 25.2 Å². The number of rotatable bonds is 6. The average molecular weight is 486 g/mol. The summed E-state index contributed by atoms with van der Waals surface area (Å²) in [5, 5.41) is 10.5. The van der Waals surface area contributed by atoms with E-state index in [9.17, 15) is 24.5 Å². The van der Waals surface area contributed by atoms with Crippen LogP contribution in [0.1, 0.15) is 25.5 Å². The number of nitro groups is 1. The molecule has 0 aliphatic carbocycles. The van der Waals surface area contributed by atoms with E-state index >= 15 is 0 Å². The molecule has 2 aromatic rings. The number of likely N-dealkylation sites (tertiary alicyclic amines) is 1. The molecule has 3 heterocycles. The number of nitro benzene ring substituents is 1. The Balaban J connectivity index is 1.48. The largest absolute Gasteiger partial charge is 0.496 e. The van der Waals surface area contributed by atoms with Crippen LogP contribution in [0.15, 0.2) is 39.7 Å². The van der Waals surface area contributed by atoms with Crippen molar-refractivity contribution in [2.24, 2.45) is 5.92 Å². The van der Waals surface area contributed by atoms with Crippen molar-refractivity contribution in [2.75, 3.05) is 26.7 Å². The summed E-state index contributed by atoms with van der Waals surface area (Å²) in [6.45, 7) is 3.13. The van der Waals surface area contributed by atoms with Crippen molar-refractivity contribution >= 4 is 40.6 Å².